The van der Waals surface area contributed by atoms with Crippen LogP contribution in [-0.2, 0) is 9.53 Å². The Hall–Kier alpha value is -1.05. The van der Waals surface area contributed by atoms with Crippen molar-refractivity contribution in [3.05, 3.63) is 24.3 Å². The Morgan fingerprint density at radius 3 is 2.16 bits per heavy atom. The molecular weight excluding hydrogens is 236 g/mol. The number of hydrogen-bond donors (Lipinski definition) is 0. The largest absolute Gasteiger partial charge is 0.463 e. The van der Waals surface area contributed by atoms with Gasteiger partial charge in [-0.2, -0.15) is 0 Å². The van der Waals surface area contributed by atoms with Crippen molar-refractivity contribution in [2.75, 3.05) is 6.61 Å². The van der Waals surface area contributed by atoms with Gasteiger partial charge in [-0.05, 0) is 19.8 Å². The topological polar surface area (TPSA) is 26.3 Å². The summed E-state index contributed by atoms with van der Waals surface area (Å²) in [5.74, 6) is -0.265. The van der Waals surface area contributed by atoms with E-state index < -0.39 is 0 Å². The third-order valence-electron chi connectivity index (χ3n) is 2.99. The first-order valence-electron chi connectivity index (χ1n) is 7.81. The SMILES string of the molecule is CCCCCCCCCC/C=C\C=C\C(=O)OCC. The molecule has 0 aliphatic carbocycles. The van der Waals surface area contributed by atoms with Crippen LogP contribution < -0.4 is 0 Å². The summed E-state index contributed by atoms with van der Waals surface area (Å²) >= 11 is 0. The van der Waals surface area contributed by atoms with E-state index in [0.29, 0.717) is 6.61 Å². The summed E-state index contributed by atoms with van der Waals surface area (Å²) in [5, 5.41) is 0. The molecule has 0 saturated heterocycles. The standard InChI is InChI=1S/C17H30O2/c1-3-5-6-7-8-9-10-11-12-13-14-15-16-17(18)19-4-2/h13-16H,3-12H2,1-2H3/b14-13-,16-15+. The number of esters is 1. The Bertz CT molecular complexity index is 254. The molecule has 0 unspecified atom stereocenters. The molecule has 2 nitrogen and oxygen atoms in total. The molecule has 0 aliphatic rings. The number of carbonyl (C=O) groups is 1. The quantitative estimate of drug-likeness (QED) is 0.210. The van der Waals surface area contributed by atoms with E-state index in [4.69, 9.17) is 4.74 Å². The highest BCUT2D eigenvalue weighted by atomic mass is 16.5. The van der Waals surface area contributed by atoms with Crippen molar-refractivity contribution in [1.82, 2.24) is 0 Å². The van der Waals surface area contributed by atoms with Crippen molar-refractivity contribution in [3.63, 3.8) is 0 Å². The fraction of sp³-hybridized carbons (Fsp3) is 0.706. The van der Waals surface area contributed by atoms with E-state index in [0.717, 1.165) is 6.42 Å². The van der Waals surface area contributed by atoms with Crippen LogP contribution in [0.1, 0.15) is 71.6 Å². The Balaban J connectivity index is 3.27. The van der Waals surface area contributed by atoms with E-state index in [1.165, 1.54) is 57.4 Å². The normalized spacial score (nSPS) is 11.5. The number of carbonyl (C=O) groups excluding carboxylic acids is 1. The first-order chi connectivity index (χ1) is 9.31. The fourth-order valence-corrected chi connectivity index (χ4v) is 1.90. The van der Waals surface area contributed by atoms with Crippen LogP contribution >= 0.6 is 0 Å². The molecule has 0 rings (SSSR count). The lowest BCUT2D eigenvalue weighted by atomic mass is 10.1. The van der Waals surface area contributed by atoms with Gasteiger partial charge in [0.05, 0.1) is 6.61 Å². The minimum Gasteiger partial charge on any atom is -0.463 e. The summed E-state index contributed by atoms with van der Waals surface area (Å²) in [5.41, 5.74) is 0. The van der Waals surface area contributed by atoms with E-state index in [2.05, 4.69) is 13.0 Å². The first-order valence-corrected chi connectivity index (χ1v) is 7.81. The molecule has 0 aromatic rings. The summed E-state index contributed by atoms with van der Waals surface area (Å²) in [6.45, 7) is 4.50. The smallest absolute Gasteiger partial charge is 0.330 e. The van der Waals surface area contributed by atoms with Gasteiger partial charge in [0.25, 0.3) is 0 Å². The van der Waals surface area contributed by atoms with Crippen LogP contribution in [0.4, 0.5) is 0 Å². The lowest BCUT2D eigenvalue weighted by molar-refractivity contribution is -0.137. The van der Waals surface area contributed by atoms with Crippen LogP contribution in [0, 0.1) is 0 Å². The maximum Gasteiger partial charge on any atom is 0.330 e. The molecule has 0 heterocycles. The minimum absolute atomic E-state index is 0.265. The van der Waals surface area contributed by atoms with Gasteiger partial charge < -0.3 is 4.74 Å². The van der Waals surface area contributed by atoms with E-state index in [1.807, 2.05) is 13.0 Å². The number of allylic oxidation sites excluding steroid dienone is 3. The van der Waals surface area contributed by atoms with Crippen LogP contribution in [0.15, 0.2) is 24.3 Å². The van der Waals surface area contributed by atoms with Gasteiger partial charge in [0, 0.05) is 6.08 Å². The summed E-state index contributed by atoms with van der Waals surface area (Å²) in [6, 6.07) is 0. The number of ether oxygens (including phenoxy) is 1. The zero-order chi connectivity index (χ0) is 14.2. The van der Waals surface area contributed by atoms with Gasteiger partial charge in [0.15, 0.2) is 0 Å². The molecule has 0 radical (unpaired) electrons. The molecule has 110 valence electrons. The zero-order valence-corrected chi connectivity index (χ0v) is 12.7. The summed E-state index contributed by atoms with van der Waals surface area (Å²) < 4.78 is 4.78. The maximum atomic E-state index is 11.0. The van der Waals surface area contributed by atoms with E-state index in [1.54, 1.807) is 6.08 Å². The van der Waals surface area contributed by atoms with Crippen molar-refractivity contribution >= 4 is 5.97 Å². The highest BCUT2D eigenvalue weighted by Gasteiger charge is 1.91. The number of rotatable bonds is 12. The molecule has 0 saturated carbocycles. The second kappa shape index (κ2) is 15.0. The van der Waals surface area contributed by atoms with Gasteiger partial charge >= 0.3 is 5.97 Å². The van der Waals surface area contributed by atoms with E-state index in [-0.39, 0.29) is 5.97 Å². The second-order valence-electron chi connectivity index (χ2n) is 4.80. The number of unbranched alkanes of at least 4 members (excludes halogenated alkanes) is 8. The molecule has 0 fully saturated rings. The molecule has 2 heteroatoms. The molecule has 0 bridgehead atoms. The maximum absolute atomic E-state index is 11.0. The Labute approximate surface area is 118 Å². The van der Waals surface area contributed by atoms with Gasteiger partial charge in [0.1, 0.15) is 0 Å². The van der Waals surface area contributed by atoms with Gasteiger partial charge in [-0.25, -0.2) is 4.79 Å². The van der Waals surface area contributed by atoms with Crippen LogP contribution in [0.25, 0.3) is 0 Å². The van der Waals surface area contributed by atoms with E-state index in [9.17, 15) is 4.79 Å². The molecule has 0 aromatic heterocycles. The van der Waals surface area contributed by atoms with Crippen LogP contribution in [0.2, 0.25) is 0 Å². The molecule has 0 N–H and O–H groups in total. The Kier molecular flexibility index (Phi) is 14.2. The molecule has 0 amide bonds. The molecule has 19 heavy (non-hydrogen) atoms. The zero-order valence-electron chi connectivity index (χ0n) is 12.7. The highest BCUT2D eigenvalue weighted by molar-refractivity contribution is 5.82. The minimum atomic E-state index is -0.265. The van der Waals surface area contributed by atoms with Gasteiger partial charge in [-0.3, -0.25) is 0 Å². The predicted octanol–water partition coefficient (Wildman–Crippen LogP) is 5.19. The van der Waals surface area contributed by atoms with Gasteiger partial charge in [-0.15, -0.1) is 0 Å². The monoisotopic (exact) mass is 266 g/mol. The molecular formula is C17H30O2. The van der Waals surface area contributed by atoms with Crippen molar-refractivity contribution in [3.8, 4) is 0 Å². The van der Waals surface area contributed by atoms with Crippen molar-refractivity contribution in [1.29, 1.82) is 0 Å². The lowest BCUT2D eigenvalue weighted by Crippen LogP contribution is -1.98. The fourth-order valence-electron chi connectivity index (χ4n) is 1.90. The van der Waals surface area contributed by atoms with E-state index >= 15 is 0 Å². The van der Waals surface area contributed by atoms with Crippen molar-refractivity contribution in [2.24, 2.45) is 0 Å². The second-order valence-corrected chi connectivity index (χ2v) is 4.80. The Morgan fingerprint density at radius 1 is 0.895 bits per heavy atom. The third kappa shape index (κ3) is 14.9. The van der Waals surface area contributed by atoms with Gasteiger partial charge in [0.2, 0.25) is 0 Å². The predicted molar refractivity (Wildman–Crippen MR) is 82.1 cm³/mol. The van der Waals surface area contributed by atoms with Crippen LogP contribution in [0.3, 0.4) is 0 Å². The molecule has 0 aromatic carbocycles. The van der Waals surface area contributed by atoms with Crippen molar-refractivity contribution < 1.29 is 9.53 Å². The first kappa shape index (κ1) is 17.9. The molecule has 0 atom stereocenters. The summed E-state index contributed by atoms with van der Waals surface area (Å²) in [7, 11) is 0. The van der Waals surface area contributed by atoms with Gasteiger partial charge in [-0.1, -0.05) is 70.1 Å². The lowest BCUT2D eigenvalue weighted by Gasteiger charge is -1.99. The molecule has 0 aliphatic heterocycles. The summed E-state index contributed by atoms with van der Waals surface area (Å²) in [4.78, 5) is 11.0. The molecule has 0 spiro atoms. The van der Waals surface area contributed by atoms with Crippen LogP contribution in [-0.4, -0.2) is 12.6 Å². The van der Waals surface area contributed by atoms with Crippen LogP contribution in [0.5, 0.6) is 0 Å². The average Bonchev–Trinajstić information content (AvgIpc) is 2.40. The number of hydrogen-bond acceptors (Lipinski definition) is 2. The Morgan fingerprint density at radius 2 is 1.53 bits per heavy atom. The highest BCUT2D eigenvalue weighted by Crippen LogP contribution is 2.09. The van der Waals surface area contributed by atoms with Crippen molar-refractivity contribution in [2.45, 2.75) is 71.6 Å². The summed E-state index contributed by atoms with van der Waals surface area (Å²) in [6.07, 6.45) is 19.2. The average molecular weight is 266 g/mol. The third-order valence-corrected chi connectivity index (χ3v) is 2.99.